The summed E-state index contributed by atoms with van der Waals surface area (Å²) in [5, 5.41) is 17.9. The van der Waals surface area contributed by atoms with E-state index in [-0.39, 0.29) is 12.3 Å². The van der Waals surface area contributed by atoms with E-state index in [9.17, 15) is 0 Å². The van der Waals surface area contributed by atoms with E-state index in [0.717, 1.165) is 28.9 Å². The van der Waals surface area contributed by atoms with Crippen molar-refractivity contribution in [2.75, 3.05) is 0 Å². The molecule has 3 aliphatic heterocycles. The van der Waals surface area contributed by atoms with Gasteiger partial charge in [-0.1, -0.05) is 29.5 Å². The van der Waals surface area contributed by atoms with Crippen LogP contribution in [0.3, 0.4) is 0 Å². The Balaban J connectivity index is 1.45. The minimum absolute atomic E-state index is 0.0772. The average Bonchev–Trinajstić information content (AvgIpc) is 3.01. The van der Waals surface area contributed by atoms with Crippen LogP contribution in [-0.2, 0) is 12.3 Å². The Hall–Kier alpha value is -1.72. The van der Waals surface area contributed by atoms with Crippen molar-refractivity contribution in [1.82, 2.24) is 19.9 Å². The number of piperidine rings is 1. The summed E-state index contributed by atoms with van der Waals surface area (Å²) < 4.78 is 2.08. The Morgan fingerprint density at radius 2 is 1.86 bits per heavy atom. The summed E-state index contributed by atoms with van der Waals surface area (Å²) in [6.07, 6.45) is 7.26. The van der Waals surface area contributed by atoms with Crippen LogP contribution in [0.2, 0.25) is 0 Å². The maximum atomic E-state index is 9.10. The molecule has 0 radical (unpaired) electrons. The molecule has 3 atom stereocenters. The summed E-state index contributed by atoms with van der Waals surface area (Å²) in [6, 6.07) is 9.46. The molecule has 3 aliphatic rings. The monoisotopic (exact) mass is 282 g/mol. The van der Waals surface area contributed by atoms with Gasteiger partial charge in [0.15, 0.2) is 0 Å². The van der Waals surface area contributed by atoms with Crippen LogP contribution >= 0.6 is 0 Å². The Bertz CT molecular complexity index is 679. The highest BCUT2D eigenvalue weighted by atomic mass is 16.3. The topological polar surface area (TPSA) is 54.2 Å². The standard InChI is InChI=1S/C16H18N4O/c21-10-11-1-3-12(4-2-11)15-9-19(18-17-15)16-7-13-5-6-14(8-16)20(13)16/h1-4,9,13-14,21H,5-8,10H2/t13-,14+,16?. The molecular formula is C16H18N4O. The first kappa shape index (κ1) is 11.9. The number of benzene rings is 1. The van der Waals surface area contributed by atoms with Gasteiger partial charge in [-0.25, -0.2) is 4.68 Å². The third kappa shape index (κ3) is 1.43. The van der Waals surface area contributed by atoms with Crippen LogP contribution in [-0.4, -0.2) is 37.1 Å². The summed E-state index contributed by atoms with van der Waals surface area (Å²) in [5.41, 5.74) is 3.04. The third-order valence-electron chi connectivity index (χ3n) is 5.58. The van der Waals surface area contributed by atoms with Gasteiger partial charge in [-0.2, -0.15) is 0 Å². The van der Waals surface area contributed by atoms with Crippen molar-refractivity contribution >= 4 is 0 Å². The van der Waals surface area contributed by atoms with Crippen molar-refractivity contribution in [1.29, 1.82) is 0 Å². The molecule has 0 aliphatic carbocycles. The number of hydrogen-bond acceptors (Lipinski definition) is 4. The molecule has 1 aromatic carbocycles. The molecule has 1 unspecified atom stereocenters. The molecular weight excluding hydrogens is 264 g/mol. The lowest BCUT2D eigenvalue weighted by molar-refractivity contribution is -0.225. The van der Waals surface area contributed by atoms with E-state index in [2.05, 4.69) is 26.1 Å². The second-order valence-electron chi connectivity index (χ2n) is 6.59. The maximum Gasteiger partial charge on any atom is 0.120 e. The lowest BCUT2D eigenvalue weighted by atomic mass is 9.75. The SMILES string of the molecule is OCc1ccc(-c2cn(C34C[C@H]5CC[C@@H](C3)N54)nn2)cc1. The fourth-order valence-electron chi connectivity index (χ4n) is 4.55. The average molecular weight is 282 g/mol. The van der Waals surface area contributed by atoms with Crippen LogP contribution in [0.1, 0.15) is 31.2 Å². The molecule has 5 rings (SSSR count). The Kier molecular flexibility index (Phi) is 2.22. The van der Waals surface area contributed by atoms with Crippen molar-refractivity contribution in [3.8, 4) is 11.3 Å². The summed E-state index contributed by atoms with van der Waals surface area (Å²) >= 11 is 0. The largest absolute Gasteiger partial charge is 0.392 e. The zero-order valence-corrected chi connectivity index (χ0v) is 11.8. The fourth-order valence-corrected chi connectivity index (χ4v) is 4.55. The van der Waals surface area contributed by atoms with Gasteiger partial charge in [0.25, 0.3) is 0 Å². The molecule has 1 aromatic heterocycles. The number of hydrogen-bond donors (Lipinski definition) is 1. The zero-order chi connectivity index (χ0) is 14.0. The first-order valence-corrected chi connectivity index (χ1v) is 7.72. The molecule has 0 amide bonds. The predicted molar refractivity (Wildman–Crippen MR) is 77.2 cm³/mol. The number of nitrogens with zero attached hydrogens (tertiary/aromatic N) is 4. The van der Waals surface area contributed by atoms with Crippen LogP contribution in [0.4, 0.5) is 0 Å². The number of rotatable bonds is 3. The highest BCUT2D eigenvalue weighted by molar-refractivity contribution is 5.58. The smallest absolute Gasteiger partial charge is 0.120 e. The maximum absolute atomic E-state index is 9.10. The molecule has 21 heavy (non-hydrogen) atoms. The summed E-state index contributed by atoms with van der Waals surface area (Å²) in [4.78, 5) is 2.64. The molecule has 108 valence electrons. The Morgan fingerprint density at radius 1 is 1.14 bits per heavy atom. The molecule has 5 nitrogen and oxygen atoms in total. The molecule has 5 heteroatoms. The minimum Gasteiger partial charge on any atom is -0.392 e. The first-order valence-electron chi connectivity index (χ1n) is 7.72. The van der Waals surface area contributed by atoms with E-state index < -0.39 is 0 Å². The van der Waals surface area contributed by atoms with Crippen molar-refractivity contribution in [2.24, 2.45) is 0 Å². The van der Waals surface area contributed by atoms with Gasteiger partial charge in [0, 0.05) is 30.5 Å². The van der Waals surface area contributed by atoms with Gasteiger partial charge >= 0.3 is 0 Å². The van der Waals surface area contributed by atoms with Crippen molar-refractivity contribution in [3.05, 3.63) is 36.0 Å². The molecule has 0 saturated carbocycles. The van der Waals surface area contributed by atoms with Gasteiger partial charge in [-0.05, 0) is 18.4 Å². The van der Waals surface area contributed by atoms with Gasteiger partial charge in [0.1, 0.15) is 11.4 Å². The zero-order valence-electron chi connectivity index (χ0n) is 11.8. The molecule has 3 saturated heterocycles. The van der Waals surface area contributed by atoms with Gasteiger partial charge in [0.2, 0.25) is 0 Å². The quantitative estimate of drug-likeness (QED) is 0.931. The number of aliphatic hydroxyl groups is 1. The van der Waals surface area contributed by atoms with E-state index in [1.54, 1.807) is 0 Å². The van der Waals surface area contributed by atoms with Gasteiger partial charge in [-0.15, -0.1) is 5.10 Å². The van der Waals surface area contributed by atoms with E-state index in [1.807, 2.05) is 24.3 Å². The molecule has 0 bridgehead atoms. The predicted octanol–water partition coefficient (Wildman–Crippen LogP) is 1.73. The lowest BCUT2D eigenvalue weighted by Gasteiger charge is -2.65. The molecule has 1 N–H and O–H groups in total. The molecule has 0 spiro atoms. The number of aromatic nitrogens is 3. The third-order valence-corrected chi connectivity index (χ3v) is 5.58. The highest BCUT2D eigenvalue weighted by Gasteiger charge is 2.67. The molecule has 2 aromatic rings. The van der Waals surface area contributed by atoms with Gasteiger partial charge in [-0.3, -0.25) is 4.90 Å². The van der Waals surface area contributed by atoms with Crippen LogP contribution in [0, 0.1) is 0 Å². The van der Waals surface area contributed by atoms with Crippen LogP contribution in [0.15, 0.2) is 30.5 Å². The van der Waals surface area contributed by atoms with Crippen molar-refractivity contribution in [3.63, 3.8) is 0 Å². The van der Waals surface area contributed by atoms with E-state index in [4.69, 9.17) is 5.11 Å². The summed E-state index contributed by atoms with van der Waals surface area (Å²) in [7, 11) is 0. The first-order chi connectivity index (χ1) is 10.3. The summed E-state index contributed by atoms with van der Waals surface area (Å²) in [5.74, 6) is 0. The van der Waals surface area contributed by atoms with Crippen molar-refractivity contribution < 1.29 is 5.11 Å². The van der Waals surface area contributed by atoms with Crippen LogP contribution in [0.5, 0.6) is 0 Å². The summed E-state index contributed by atoms with van der Waals surface area (Å²) in [6.45, 7) is 0.0772. The fraction of sp³-hybridized carbons (Fsp3) is 0.500. The second-order valence-corrected chi connectivity index (χ2v) is 6.59. The van der Waals surface area contributed by atoms with Crippen LogP contribution in [0.25, 0.3) is 11.3 Å². The van der Waals surface area contributed by atoms with Crippen molar-refractivity contribution in [2.45, 2.75) is 50.0 Å². The van der Waals surface area contributed by atoms with Gasteiger partial charge in [0.05, 0.1) is 12.8 Å². The van der Waals surface area contributed by atoms with Gasteiger partial charge < -0.3 is 5.11 Å². The van der Waals surface area contributed by atoms with Crippen LogP contribution < -0.4 is 0 Å². The van der Waals surface area contributed by atoms with E-state index in [0.29, 0.717) is 0 Å². The minimum atomic E-state index is 0.0772. The normalized spacial score (nSPS) is 33.4. The van der Waals surface area contributed by atoms with E-state index in [1.165, 1.54) is 25.7 Å². The van der Waals surface area contributed by atoms with E-state index >= 15 is 0 Å². The molecule has 3 fully saturated rings. The Labute approximate surface area is 123 Å². The lowest BCUT2D eigenvalue weighted by Crippen LogP contribution is -2.75. The second kappa shape index (κ2) is 3.93. The molecule has 4 heterocycles. The Morgan fingerprint density at radius 3 is 2.52 bits per heavy atom. The highest BCUT2D eigenvalue weighted by Crippen LogP contribution is 2.60. The number of aliphatic hydroxyl groups excluding tert-OH is 1.